The fourth-order valence-electron chi connectivity index (χ4n) is 5.12. The Labute approximate surface area is 284 Å². The number of carbonyl (C=O) groups is 3. The second-order valence-electron chi connectivity index (χ2n) is 12.1. The lowest BCUT2D eigenvalue weighted by atomic mass is 9.86. The number of fused-ring (bicyclic) bond motifs is 1. The van der Waals surface area contributed by atoms with E-state index in [1.54, 1.807) is 0 Å². The minimum Gasteiger partial charge on any atom is -0.366 e. The molecule has 1 aliphatic heterocycles. The molecule has 3 aromatic carbocycles. The molecule has 0 radical (unpaired) electrons. The topological polar surface area (TPSA) is 92.9 Å². The summed E-state index contributed by atoms with van der Waals surface area (Å²) in [5, 5.41) is -0.316. The molecule has 3 aromatic rings. The Morgan fingerprint density at radius 2 is 1.71 bits per heavy atom. The van der Waals surface area contributed by atoms with Gasteiger partial charge in [-0.2, -0.15) is 13.2 Å². The zero-order chi connectivity index (χ0) is 35.9. The molecule has 48 heavy (non-hydrogen) atoms. The highest BCUT2D eigenvalue weighted by molar-refractivity contribution is 9.10. The van der Waals surface area contributed by atoms with Crippen molar-refractivity contribution in [2.75, 3.05) is 36.2 Å². The number of amides is 2. The van der Waals surface area contributed by atoms with E-state index in [4.69, 9.17) is 22.1 Å². The molecule has 7 nitrogen and oxygen atoms in total. The number of hydrogen-bond acceptors (Lipinski definition) is 5. The first kappa shape index (κ1) is 37.3. The number of rotatable bonds is 11. The van der Waals surface area contributed by atoms with Crippen molar-refractivity contribution >= 4 is 64.6 Å². The first-order valence-electron chi connectivity index (χ1n) is 14.2. The summed E-state index contributed by atoms with van der Waals surface area (Å²) in [5.41, 5.74) is -0.755. The number of nitrogens with two attached hydrogens (primary N) is 1. The van der Waals surface area contributed by atoms with E-state index in [0.717, 1.165) is 34.1 Å². The van der Waals surface area contributed by atoms with Crippen LogP contribution in [-0.4, -0.2) is 58.5 Å². The third kappa shape index (κ3) is 8.04. The van der Waals surface area contributed by atoms with Crippen LogP contribution in [0.1, 0.15) is 31.8 Å². The highest BCUT2D eigenvalue weighted by atomic mass is 79.9. The molecule has 1 heterocycles. The van der Waals surface area contributed by atoms with Gasteiger partial charge in [0.1, 0.15) is 18.4 Å². The lowest BCUT2D eigenvalue weighted by Gasteiger charge is -2.39. The standard InChI is InChI=1S/C31H28BrClF7N3O4Si/c1-48(2,3)7-6-47-14-43-24(44)13-42(12-23(36)37)22-11-18(25-19(30(41)46)9-16(35)10-20(25)31(38,39)40)26(27(32)28(22)43)29(45)17-8-15(34)4-5-21(17)33/h4-5,8-11,23H,6-7,12-14H2,1-3H3,(H2,41,46). The number of carbonyl (C=O) groups excluding carboxylic acids is 3. The summed E-state index contributed by atoms with van der Waals surface area (Å²) in [6.07, 6.45) is -8.37. The monoisotopic (exact) mass is 781 g/mol. The number of ether oxygens (including phenoxy) is 1. The molecule has 0 atom stereocenters. The third-order valence-electron chi connectivity index (χ3n) is 7.38. The van der Waals surface area contributed by atoms with Crippen LogP contribution in [0.2, 0.25) is 30.7 Å². The summed E-state index contributed by atoms with van der Waals surface area (Å²) in [7, 11) is -1.60. The van der Waals surface area contributed by atoms with E-state index in [1.807, 2.05) is 0 Å². The normalized spacial score (nSPS) is 13.7. The number of halogens is 9. The molecule has 0 aromatic heterocycles. The summed E-state index contributed by atoms with van der Waals surface area (Å²) in [6.45, 7) is 4.30. The molecule has 0 spiro atoms. The fourth-order valence-corrected chi connectivity index (χ4v) is 6.89. The van der Waals surface area contributed by atoms with Crippen molar-refractivity contribution in [1.82, 2.24) is 0 Å². The van der Waals surface area contributed by atoms with Crippen LogP contribution >= 0.6 is 27.5 Å². The van der Waals surface area contributed by atoms with Gasteiger partial charge in [0.05, 0.1) is 45.1 Å². The molecule has 17 heteroatoms. The predicted octanol–water partition coefficient (Wildman–Crippen LogP) is 8.13. The Hall–Kier alpha value is -3.47. The first-order valence-corrected chi connectivity index (χ1v) is 19.1. The molecular formula is C31H28BrClF7N3O4Si. The van der Waals surface area contributed by atoms with Crippen LogP contribution in [0, 0.1) is 11.6 Å². The average molecular weight is 783 g/mol. The van der Waals surface area contributed by atoms with Gasteiger partial charge in [0.2, 0.25) is 11.8 Å². The van der Waals surface area contributed by atoms with Gasteiger partial charge in [-0.15, -0.1) is 0 Å². The summed E-state index contributed by atoms with van der Waals surface area (Å²) in [6, 6.07) is 4.77. The van der Waals surface area contributed by atoms with E-state index >= 15 is 0 Å². The highest BCUT2D eigenvalue weighted by Gasteiger charge is 2.41. The van der Waals surface area contributed by atoms with Crippen molar-refractivity contribution < 1.29 is 49.9 Å². The number of ketones is 1. The van der Waals surface area contributed by atoms with Gasteiger partial charge in [0.25, 0.3) is 6.43 Å². The largest absolute Gasteiger partial charge is 0.417 e. The molecule has 0 fully saturated rings. The number of nitrogens with zero attached hydrogens (tertiary/aromatic N) is 2. The quantitative estimate of drug-likeness (QED) is 0.0919. The number of hydrogen-bond donors (Lipinski definition) is 1. The first-order chi connectivity index (χ1) is 22.2. The van der Waals surface area contributed by atoms with Crippen molar-refractivity contribution in [2.24, 2.45) is 5.73 Å². The van der Waals surface area contributed by atoms with Gasteiger partial charge < -0.3 is 15.4 Å². The molecule has 0 bridgehead atoms. The summed E-state index contributed by atoms with van der Waals surface area (Å²) in [5.74, 6) is -5.87. The van der Waals surface area contributed by atoms with Gasteiger partial charge in [-0.3, -0.25) is 19.3 Å². The molecule has 2 N–H and O–H groups in total. The molecule has 2 amide bonds. The van der Waals surface area contributed by atoms with E-state index in [0.29, 0.717) is 12.1 Å². The van der Waals surface area contributed by atoms with Gasteiger partial charge in [-0.1, -0.05) is 31.2 Å². The predicted molar refractivity (Wildman–Crippen MR) is 173 cm³/mol. The number of anilines is 2. The highest BCUT2D eigenvalue weighted by Crippen LogP contribution is 2.50. The lowest BCUT2D eigenvalue weighted by molar-refractivity contribution is -0.137. The van der Waals surface area contributed by atoms with Crippen LogP contribution in [0.4, 0.5) is 42.1 Å². The second kappa shape index (κ2) is 14.2. The fraction of sp³-hybridized carbons (Fsp3) is 0.323. The van der Waals surface area contributed by atoms with Crippen LogP contribution in [0.15, 0.2) is 40.9 Å². The Morgan fingerprint density at radius 3 is 2.29 bits per heavy atom. The molecular weight excluding hydrogens is 755 g/mol. The van der Waals surface area contributed by atoms with E-state index in [9.17, 15) is 45.1 Å². The number of alkyl halides is 5. The van der Waals surface area contributed by atoms with Crippen LogP contribution < -0.4 is 15.5 Å². The van der Waals surface area contributed by atoms with Crippen LogP contribution in [0.5, 0.6) is 0 Å². The van der Waals surface area contributed by atoms with Gasteiger partial charge in [0, 0.05) is 31.4 Å². The van der Waals surface area contributed by atoms with E-state index in [1.165, 1.54) is 0 Å². The minimum absolute atomic E-state index is 0.0810. The van der Waals surface area contributed by atoms with Crippen LogP contribution in [0.25, 0.3) is 11.1 Å². The van der Waals surface area contributed by atoms with E-state index < -0.39 is 108 Å². The van der Waals surface area contributed by atoms with Crippen LogP contribution in [-0.2, 0) is 15.7 Å². The Morgan fingerprint density at radius 1 is 1.06 bits per heavy atom. The molecule has 258 valence electrons. The Kier molecular flexibility index (Phi) is 11.0. The average Bonchev–Trinajstić information content (AvgIpc) is 2.95. The summed E-state index contributed by atoms with van der Waals surface area (Å²) < 4.78 is 105. The van der Waals surface area contributed by atoms with Crippen molar-refractivity contribution in [3.8, 4) is 11.1 Å². The summed E-state index contributed by atoms with van der Waals surface area (Å²) in [4.78, 5) is 42.1. The van der Waals surface area contributed by atoms with Crippen LogP contribution in [0.3, 0.4) is 0 Å². The number of primary amides is 1. The van der Waals surface area contributed by atoms with Crippen molar-refractivity contribution in [3.63, 3.8) is 0 Å². The maximum absolute atomic E-state index is 14.5. The zero-order valence-corrected chi connectivity index (χ0v) is 28.9. The minimum atomic E-state index is -5.34. The molecule has 0 aliphatic carbocycles. The molecule has 0 unspecified atom stereocenters. The van der Waals surface area contributed by atoms with Gasteiger partial charge in [0.15, 0.2) is 5.78 Å². The second-order valence-corrected chi connectivity index (χ2v) is 18.9. The van der Waals surface area contributed by atoms with Gasteiger partial charge >= 0.3 is 6.18 Å². The third-order valence-corrected chi connectivity index (χ3v) is 10.2. The molecule has 0 saturated heterocycles. The zero-order valence-electron chi connectivity index (χ0n) is 25.6. The Bertz CT molecular complexity index is 1790. The lowest BCUT2D eigenvalue weighted by Crippen LogP contribution is -2.48. The summed E-state index contributed by atoms with van der Waals surface area (Å²) >= 11 is 9.44. The SMILES string of the molecule is C[Si](C)(C)CCOCN1C(=O)CN(CC(F)F)c2cc(-c3c(C(N)=O)cc(F)cc3C(F)(F)F)c(C(=O)c3cc(F)ccc3Cl)c(Br)c21. The molecule has 0 saturated carbocycles. The van der Waals surface area contributed by atoms with Crippen molar-refractivity contribution in [1.29, 1.82) is 0 Å². The van der Waals surface area contributed by atoms with Crippen molar-refractivity contribution in [2.45, 2.75) is 38.3 Å². The Balaban J connectivity index is 2.14. The van der Waals surface area contributed by atoms with E-state index in [-0.39, 0.29) is 29.1 Å². The molecule has 4 rings (SSSR count). The maximum atomic E-state index is 14.5. The number of benzene rings is 3. The smallest absolute Gasteiger partial charge is 0.366 e. The van der Waals surface area contributed by atoms with E-state index in [2.05, 4.69) is 35.6 Å². The van der Waals surface area contributed by atoms with Gasteiger partial charge in [-0.25, -0.2) is 17.6 Å². The van der Waals surface area contributed by atoms with Crippen molar-refractivity contribution in [3.05, 3.63) is 79.8 Å². The molecule has 1 aliphatic rings. The maximum Gasteiger partial charge on any atom is 0.417 e. The van der Waals surface area contributed by atoms with Gasteiger partial charge in [-0.05, 0) is 63.9 Å².